The Morgan fingerprint density at radius 3 is 2.29 bits per heavy atom. The molecule has 0 radical (unpaired) electrons. The van der Waals surface area contributed by atoms with Crippen molar-refractivity contribution < 1.29 is 21.9 Å². The van der Waals surface area contributed by atoms with Gasteiger partial charge >= 0.3 is 6.18 Å². The maximum absolute atomic E-state index is 12.2. The molecule has 0 saturated carbocycles. The van der Waals surface area contributed by atoms with Gasteiger partial charge in [-0.05, 0) is 18.2 Å². The molecule has 1 atom stereocenters. The topological polar surface area (TPSA) is 63.3 Å². The van der Waals surface area contributed by atoms with Gasteiger partial charge in [-0.2, -0.15) is 13.2 Å². The van der Waals surface area contributed by atoms with Crippen LogP contribution in [0.1, 0.15) is 5.56 Å². The zero-order valence-electron chi connectivity index (χ0n) is 6.71. The van der Waals surface area contributed by atoms with E-state index in [1.165, 1.54) is 0 Å². The fourth-order valence-corrected chi connectivity index (χ4v) is 1.35. The van der Waals surface area contributed by atoms with Gasteiger partial charge in [0.05, 0.1) is 10.5 Å². The minimum atomic E-state index is -4.57. The Labute approximate surface area is 80.0 Å². The van der Waals surface area contributed by atoms with E-state index in [2.05, 4.69) is 0 Å². The standard InChI is InChI=1S/C7H6F3NO2S/c8-7(9,10)4-1-5(11)3-6(2-4)14(12)13/h1-3H,11H2,(H,12,13). The monoisotopic (exact) mass is 225 g/mol. The first kappa shape index (κ1) is 11.0. The van der Waals surface area contributed by atoms with Crippen LogP contribution in [-0.2, 0) is 17.3 Å². The third kappa shape index (κ3) is 2.46. The number of alkyl halides is 3. The van der Waals surface area contributed by atoms with E-state index in [0.717, 1.165) is 6.07 Å². The molecule has 1 aromatic rings. The highest BCUT2D eigenvalue weighted by atomic mass is 32.2. The Balaban J connectivity index is 3.28. The van der Waals surface area contributed by atoms with Crippen LogP contribution in [-0.4, -0.2) is 8.76 Å². The lowest BCUT2D eigenvalue weighted by Crippen LogP contribution is -2.07. The Morgan fingerprint density at radius 1 is 1.29 bits per heavy atom. The number of rotatable bonds is 1. The molecule has 3 nitrogen and oxygen atoms in total. The summed E-state index contributed by atoms with van der Waals surface area (Å²) in [6.45, 7) is 0. The molecular formula is C7H6F3NO2S. The first-order chi connectivity index (χ1) is 6.30. The van der Waals surface area contributed by atoms with Gasteiger partial charge in [-0.1, -0.05) is 0 Å². The highest BCUT2D eigenvalue weighted by Gasteiger charge is 2.31. The van der Waals surface area contributed by atoms with E-state index in [1.54, 1.807) is 0 Å². The van der Waals surface area contributed by atoms with E-state index in [1.807, 2.05) is 0 Å². The van der Waals surface area contributed by atoms with Crippen molar-refractivity contribution in [1.29, 1.82) is 0 Å². The van der Waals surface area contributed by atoms with Gasteiger partial charge in [-0.15, -0.1) is 0 Å². The maximum Gasteiger partial charge on any atom is 0.416 e. The average molecular weight is 225 g/mol. The second kappa shape index (κ2) is 3.58. The van der Waals surface area contributed by atoms with Crippen molar-refractivity contribution in [3.8, 4) is 0 Å². The third-order valence-electron chi connectivity index (χ3n) is 1.46. The predicted molar refractivity (Wildman–Crippen MR) is 44.9 cm³/mol. The van der Waals surface area contributed by atoms with Crippen LogP contribution in [0.4, 0.5) is 18.9 Å². The van der Waals surface area contributed by atoms with Crippen molar-refractivity contribution in [2.75, 3.05) is 5.73 Å². The molecule has 0 heterocycles. The summed E-state index contributed by atoms with van der Waals surface area (Å²) < 4.78 is 55.6. The van der Waals surface area contributed by atoms with Crippen LogP contribution in [0, 0.1) is 0 Å². The summed E-state index contributed by atoms with van der Waals surface area (Å²) in [6, 6.07) is 2.31. The number of nitrogens with two attached hydrogens (primary N) is 1. The SMILES string of the molecule is Nc1cc(S(=O)O)cc(C(F)(F)F)c1. The van der Waals surface area contributed by atoms with E-state index in [4.69, 9.17) is 10.3 Å². The van der Waals surface area contributed by atoms with E-state index >= 15 is 0 Å². The lowest BCUT2D eigenvalue weighted by Gasteiger charge is -2.08. The summed E-state index contributed by atoms with van der Waals surface area (Å²) >= 11 is -2.46. The maximum atomic E-state index is 12.2. The molecule has 78 valence electrons. The van der Waals surface area contributed by atoms with Crippen molar-refractivity contribution >= 4 is 16.8 Å². The first-order valence-electron chi connectivity index (χ1n) is 3.39. The van der Waals surface area contributed by atoms with Gasteiger partial charge in [0.25, 0.3) is 0 Å². The van der Waals surface area contributed by atoms with E-state index in [0.29, 0.717) is 12.1 Å². The van der Waals surface area contributed by atoms with Crippen molar-refractivity contribution in [1.82, 2.24) is 0 Å². The number of hydrogen-bond donors (Lipinski definition) is 2. The molecule has 0 aliphatic carbocycles. The number of halogens is 3. The smallest absolute Gasteiger partial charge is 0.399 e. The van der Waals surface area contributed by atoms with Crippen molar-refractivity contribution in [3.63, 3.8) is 0 Å². The van der Waals surface area contributed by atoms with Crippen molar-refractivity contribution in [2.24, 2.45) is 0 Å². The lowest BCUT2D eigenvalue weighted by molar-refractivity contribution is -0.137. The van der Waals surface area contributed by atoms with Crippen LogP contribution in [0.2, 0.25) is 0 Å². The molecule has 7 heteroatoms. The van der Waals surface area contributed by atoms with Gasteiger partial charge in [0, 0.05) is 5.69 Å². The highest BCUT2D eigenvalue weighted by Crippen LogP contribution is 2.31. The van der Waals surface area contributed by atoms with Crippen LogP contribution in [0.5, 0.6) is 0 Å². The van der Waals surface area contributed by atoms with Gasteiger partial charge in [0.2, 0.25) is 0 Å². The molecule has 0 saturated heterocycles. The second-order valence-electron chi connectivity index (χ2n) is 2.54. The Bertz CT molecular complexity index is 378. The quantitative estimate of drug-likeness (QED) is 0.566. The second-order valence-corrected chi connectivity index (χ2v) is 3.51. The molecule has 1 unspecified atom stereocenters. The van der Waals surface area contributed by atoms with Crippen LogP contribution < -0.4 is 5.73 Å². The van der Waals surface area contributed by atoms with Crippen LogP contribution in [0.3, 0.4) is 0 Å². The van der Waals surface area contributed by atoms with Crippen LogP contribution >= 0.6 is 0 Å². The molecule has 1 aromatic carbocycles. The number of hydrogen-bond acceptors (Lipinski definition) is 2. The Morgan fingerprint density at radius 2 is 1.86 bits per heavy atom. The molecule has 0 spiro atoms. The largest absolute Gasteiger partial charge is 0.416 e. The minimum Gasteiger partial charge on any atom is -0.399 e. The van der Waals surface area contributed by atoms with Gasteiger partial charge in [-0.3, -0.25) is 0 Å². The molecule has 14 heavy (non-hydrogen) atoms. The zero-order chi connectivity index (χ0) is 10.9. The third-order valence-corrected chi connectivity index (χ3v) is 2.10. The van der Waals surface area contributed by atoms with E-state index < -0.39 is 22.8 Å². The van der Waals surface area contributed by atoms with Gasteiger partial charge in [-0.25, -0.2) is 4.21 Å². The van der Waals surface area contributed by atoms with Gasteiger partial charge < -0.3 is 10.3 Å². The van der Waals surface area contributed by atoms with Crippen LogP contribution in [0.15, 0.2) is 23.1 Å². The summed E-state index contributed by atoms with van der Waals surface area (Å²) in [5, 5.41) is 0. The van der Waals surface area contributed by atoms with Crippen LogP contribution in [0.25, 0.3) is 0 Å². The van der Waals surface area contributed by atoms with Gasteiger partial charge in [0.15, 0.2) is 11.1 Å². The number of benzene rings is 1. The lowest BCUT2D eigenvalue weighted by atomic mass is 10.2. The van der Waals surface area contributed by atoms with E-state index in [9.17, 15) is 17.4 Å². The molecule has 1 rings (SSSR count). The number of nitrogen functional groups attached to an aromatic ring is 1. The molecular weight excluding hydrogens is 219 g/mol. The van der Waals surface area contributed by atoms with E-state index in [-0.39, 0.29) is 10.6 Å². The Hall–Kier alpha value is -1.08. The summed E-state index contributed by atoms with van der Waals surface area (Å²) in [6.07, 6.45) is -4.57. The predicted octanol–water partition coefficient (Wildman–Crippen LogP) is 1.87. The summed E-state index contributed by atoms with van der Waals surface area (Å²) in [5.74, 6) is 0. The Kier molecular flexibility index (Phi) is 2.81. The normalized spacial score (nSPS) is 14.0. The van der Waals surface area contributed by atoms with Gasteiger partial charge in [0.1, 0.15) is 0 Å². The zero-order valence-corrected chi connectivity index (χ0v) is 7.52. The molecule has 0 amide bonds. The fraction of sp³-hybridized carbons (Fsp3) is 0.143. The van der Waals surface area contributed by atoms with Crippen molar-refractivity contribution in [3.05, 3.63) is 23.8 Å². The minimum absolute atomic E-state index is 0.197. The highest BCUT2D eigenvalue weighted by molar-refractivity contribution is 7.79. The fourth-order valence-electron chi connectivity index (χ4n) is 0.887. The summed E-state index contributed by atoms with van der Waals surface area (Å²) in [7, 11) is 0. The van der Waals surface area contributed by atoms with Crippen molar-refractivity contribution in [2.45, 2.75) is 11.1 Å². The molecule has 3 N–H and O–H groups in total. The summed E-state index contributed by atoms with van der Waals surface area (Å²) in [5.41, 5.74) is 3.92. The first-order valence-corrected chi connectivity index (χ1v) is 4.50. The molecule has 0 bridgehead atoms. The molecule has 0 aliphatic heterocycles. The molecule has 0 fully saturated rings. The molecule has 0 aromatic heterocycles. The summed E-state index contributed by atoms with van der Waals surface area (Å²) in [4.78, 5) is -0.364. The average Bonchev–Trinajstić information content (AvgIpc) is 2.01. The number of anilines is 1. The molecule has 0 aliphatic rings.